The number of amides is 1. The molecule has 1 amide bonds. The summed E-state index contributed by atoms with van der Waals surface area (Å²) < 4.78 is 6.71. The molecule has 1 heterocycles. The molecular formula is C20H27N3O3. The van der Waals surface area contributed by atoms with Crippen LogP contribution in [0.15, 0.2) is 36.4 Å². The number of hydrogen-bond donors (Lipinski definition) is 1. The predicted molar refractivity (Wildman–Crippen MR) is 102 cm³/mol. The van der Waals surface area contributed by atoms with Crippen LogP contribution in [0.4, 0.5) is 0 Å². The lowest BCUT2D eigenvalue weighted by atomic mass is 10.1. The molecule has 1 N–H and O–H groups in total. The van der Waals surface area contributed by atoms with Crippen LogP contribution in [0.5, 0.6) is 0 Å². The Bertz CT molecular complexity index is 753. The van der Waals surface area contributed by atoms with Gasteiger partial charge in [0.1, 0.15) is 0 Å². The highest BCUT2D eigenvalue weighted by Gasteiger charge is 2.18. The first-order valence-corrected chi connectivity index (χ1v) is 8.70. The zero-order valence-corrected chi connectivity index (χ0v) is 15.9. The lowest BCUT2D eigenvalue weighted by Gasteiger charge is -2.15. The summed E-state index contributed by atoms with van der Waals surface area (Å²) in [5, 5.41) is 0. The van der Waals surface area contributed by atoms with Crippen molar-refractivity contribution in [2.75, 3.05) is 39.3 Å². The molecule has 0 aliphatic carbocycles. The van der Waals surface area contributed by atoms with Gasteiger partial charge in [0.25, 0.3) is 5.91 Å². The molecule has 0 saturated carbocycles. The van der Waals surface area contributed by atoms with Crippen molar-refractivity contribution in [3.8, 4) is 0 Å². The van der Waals surface area contributed by atoms with Gasteiger partial charge in [-0.05, 0) is 45.5 Å². The first-order chi connectivity index (χ1) is 12.4. The van der Waals surface area contributed by atoms with Crippen LogP contribution in [-0.2, 0) is 4.74 Å². The summed E-state index contributed by atoms with van der Waals surface area (Å²) in [6, 6.07) is 10.8. The third kappa shape index (κ3) is 5.03. The van der Waals surface area contributed by atoms with Gasteiger partial charge in [-0.2, -0.15) is 0 Å². The Morgan fingerprint density at radius 1 is 1.19 bits per heavy atom. The van der Waals surface area contributed by atoms with E-state index in [0.717, 1.165) is 24.4 Å². The van der Waals surface area contributed by atoms with Crippen molar-refractivity contribution in [2.45, 2.75) is 20.3 Å². The molecule has 0 spiro atoms. The SMILES string of the molecule is COCCCN(C)CC(=O)c1cc(C)n(NC(=O)c2ccccc2)c1C. The maximum Gasteiger partial charge on any atom is 0.270 e. The summed E-state index contributed by atoms with van der Waals surface area (Å²) in [5.74, 6) is -0.165. The van der Waals surface area contributed by atoms with Gasteiger partial charge < -0.3 is 4.74 Å². The van der Waals surface area contributed by atoms with Crippen molar-refractivity contribution in [3.05, 3.63) is 58.9 Å². The average molecular weight is 357 g/mol. The van der Waals surface area contributed by atoms with Gasteiger partial charge in [-0.15, -0.1) is 0 Å². The first kappa shape index (κ1) is 19.9. The minimum absolute atomic E-state index is 0.0400. The number of likely N-dealkylation sites (N-methyl/N-ethyl adjacent to an activating group) is 1. The number of aromatic nitrogens is 1. The molecular weight excluding hydrogens is 330 g/mol. The van der Waals surface area contributed by atoms with Crippen LogP contribution in [0, 0.1) is 13.8 Å². The summed E-state index contributed by atoms with van der Waals surface area (Å²) in [7, 11) is 3.59. The summed E-state index contributed by atoms with van der Waals surface area (Å²) in [6.45, 7) is 5.52. The Labute approximate surface area is 154 Å². The molecule has 1 aromatic carbocycles. The summed E-state index contributed by atoms with van der Waals surface area (Å²) in [4.78, 5) is 27.0. The van der Waals surface area contributed by atoms with E-state index in [2.05, 4.69) is 5.43 Å². The Morgan fingerprint density at radius 3 is 2.54 bits per heavy atom. The molecule has 0 aliphatic heterocycles. The number of hydrogen-bond acceptors (Lipinski definition) is 4. The van der Waals surface area contributed by atoms with Crippen molar-refractivity contribution < 1.29 is 14.3 Å². The lowest BCUT2D eigenvalue weighted by molar-refractivity contribution is 0.0936. The van der Waals surface area contributed by atoms with Crippen LogP contribution in [0.2, 0.25) is 0 Å². The molecule has 6 heteroatoms. The van der Waals surface area contributed by atoms with E-state index >= 15 is 0 Å². The molecule has 2 rings (SSSR count). The molecule has 140 valence electrons. The van der Waals surface area contributed by atoms with Crippen molar-refractivity contribution in [3.63, 3.8) is 0 Å². The third-order valence-corrected chi connectivity index (χ3v) is 4.28. The van der Waals surface area contributed by atoms with Gasteiger partial charge in [-0.1, -0.05) is 18.2 Å². The highest BCUT2D eigenvalue weighted by molar-refractivity contribution is 6.01. The van der Waals surface area contributed by atoms with E-state index in [4.69, 9.17) is 4.74 Å². The Morgan fingerprint density at radius 2 is 1.88 bits per heavy atom. The van der Waals surface area contributed by atoms with Gasteiger partial charge >= 0.3 is 0 Å². The van der Waals surface area contributed by atoms with Crippen LogP contribution in [0.1, 0.15) is 38.5 Å². The van der Waals surface area contributed by atoms with E-state index in [-0.39, 0.29) is 11.7 Å². The molecule has 26 heavy (non-hydrogen) atoms. The fourth-order valence-electron chi connectivity index (χ4n) is 2.86. The molecule has 0 bridgehead atoms. The summed E-state index contributed by atoms with van der Waals surface area (Å²) in [5.41, 5.74) is 5.62. The number of carbonyl (C=O) groups excluding carboxylic acids is 2. The molecule has 0 atom stereocenters. The van der Waals surface area contributed by atoms with Crippen LogP contribution in [0.3, 0.4) is 0 Å². The Hall–Kier alpha value is -2.44. The third-order valence-electron chi connectivity index (χ3n) is 4.28. The molecule has 6 nitrogen and oxygen atoms in total. The van der Waals surface area contributed by atoms with Gasteiger partial charge in [0.05, 0.1) is 6.54 Å². The van der Waals surface area contributed by atoms with Crippen molar-refractivity contribution in [2.24, 2.45) is 0 Å². The second kappa shape index (κ2) is 9.31. The van der Waals surface area contributed by atoms with E-state index in [1.165, 1.54) is 0 Å². The Kier molecular flexibility index (Phi) is 7.12. The number of carbonyl (C=O) groups is 2. The minimum atomic E-state index is -0.205. The van der Waals surface area contributed by atoms with Gasteiger partial charge in [-0.25, -0.2) is 0 Å². The predicted octanol–water partition coefficient (Wildman–Crippen LogP) is 2.64. The second-order valence-corrected chi connectivity index (χ2v) is 6.43. The smallest absolute Gasteiger partial charge is 0.270 e. The molecule has 0 aliphatic rings. The molecule has 0 unspecified atom stereocenters. The number of aryl methyl sites for hydroxylation is 1. The van der Waals surface area contributed by atoms with Crippen molar-refractivity contribution >= 4 is 11.7 Å². The van der Waals surface area contributed by atoms with E-state index in [9.17, 15) is 9.59 Å². The molecule has 0 radical (unpaired) electrons. The summed E-state index contributed by atoms with van der Waals surface area (Å²) in [6.07, 6.45) is 0.881. The Balaban J connectivity index is 2.07. The fourth-order valence-corrected chi connectivity index (χ4v) is 2.86. The van der Waals surface area contributed by atoms with E-state index in [1.807, 2.05) is 50.1 Å². The van der Waals surface area contributed by atoms with Gasteiger partial charge in [0, 0.05) is 42.8 Å². The van der Waals surface area contributed by atoms with Gasteiger partial charge in [0.15, 0.2) is 5.78 Å². The highest BCUT2D eigenvalue weighted by Crippen LogP contribution is 2.15. The van der Waals surface area contributed by atoms with Crippen LogP contribution < -0.4 is 5.43 Å². The number of nitrogens with zero attached hydrogens (tertiary/aromatic N) is 2. The normalized spacial score (nSPS) is 11.0. The largest absolute Gasteiger partial charge is 0.385 e. The highest BCUT2D eigenvalue weighted by atomic mass is 16.5. The molecule has 0 saturated heterocycles. The quantitative estimate of drug-likeness (QED) is 0.554. The number of nitrogens with one attached hydrogen (secondary N) is 1. The van der Waals surface area contributed by atoms with E-state index in [1.54, 1.807) is 23.9 Å². The first-order valence-electron chi connectivity index (χ1n) is 8.70. The minimum Gasteiger partial charge on any atom is -0.385 e. The topological polar surface area (TPSA) is 63.6 Å². The lowest BCUT2D eigenvalue weighted by Crippen LogP contribution is -2.28. The molecule has 1 aromatic heterocycles. The molecule has 2 aromatic rings. The fraction of sp³-hybridized carbons (Fsp3) is 0.400. The molecule has 0 fully saturated rings. The van der Waals surface area contributed by atoms with Crippen LogP contribution >= 0.6 is 0 Å². The van der Waals surface area contributed by atoms with Crippen molar-refractivity contribution in [1.29, 1.82) is 0 Å². The van der Waals surface area contributed by atoms with E-state index in [0.29, 0.717) is 24.3 Å². The number of benzene rings is 1. The zero-order valence-electron chi connectivity index (χ0n) is 15.9. The zero-order chi connectivity index (χ0) is 19.1. The van der Waals surface area contributed by atoms with Crippen molar-refractivity contribution in [1.82, 2.24) is 9.58 Å². The van der Waals surface area contributed by atoms with Gasteiger partial charge in [0.2, 0.25) is 0 Å². The maximum absolute atomic E-state index is 12.6. The second-order valence-electron chi connectivity index (χ2n) is 6.43. The number of methoxy groups -OCH3 is 1. The maximum atomic E-state index is 12.6. The number of ketones is 1. The number of Topliss-reactive ketones (excluding diaryl/α,β-unsaturated/α-hetero) is 1. The monoisotopic (exact) mass is 357 g/mol. The summed E-state index contributed by atoms with van der Waals surface area (Å²) >= 11 is 0. The van der Waals surface area contributed by atoms with Gasteiger partial charge in [-0.3, -0.25) is 24.6 Å². The number of rotatable bonds is 9. The van der Waals surface area contributed by atoms with Crippen LogP contribution in [0.25, 0.3) is 0 Å². The number of ether oxygens (including phenoxy) is 1. The van der Waals surface area contributed by atoms with Crippen LogP contribution in [-0.4, -0.2) is 55.1 Å². The average Bonchev–Trinajstić information content (AvgIpc) is 2.91. The standard InChI is InChI=1S/C20H27N3O3/c1-15-13-18(19(24)14-22(3)11-8-12-26-4)16(2)23(15)21-20(25)17-9-6-5-7-10-17/h5-7,9-10,13H,8,11-12,14H2,1-4H3,(H,21,25). The van der Waals surface area contributed by atoms with E-state index < -0.39 is 0 Å².